The molecule has 0 aliphatic heterocycles. The Labute approximate surface area is 122 Å². The molecule has 1 aromatic carbocycles. The van der Waals surface area contributed by atoms with E-state index >= 15 is 0 Å². The zero-order chi connectivity index (χ0) is 14.5. The van der Waals surface area contributed by atoms with Crippen LogP contribution in [0, 0.1) is 0 Å². The van der Waals surface area contributed by atoms with E-state index in [9.17, 15) is 4.79 Å². The third-order valence-electron chi connectivity index (χ3n) is 2.99. The van der Waals surface area contributed by atoms with Crippen LogP contribution in [-0.4, -0.2) is 16.3 Å². The molecule has 0 aliphatic carbocycles. The Kier molecular flexibility index (Phi) is 3.69. The first-order chi connectivity index (χ1) is 10.4. The van der Waals surface area contributed by atoms with Gasteiger partial charge in [0.05, 0.1) is 6.20 Å². The van der Waals surface area contributed by atoms with Crippen molar-refractivity contribution in [2.75, 3.05) is 0 Å². The summed E-state index contributed by atoms with van der Waals surface area (Å²) in [7, 11) is 0. The van der Waals surface area contributed by atoms with Crippen LogP contribution in [-0.2, 0) is 0 Å². The molecular weight excluding hydrogens is 264 g/mol. The molecule has 0 saturated heterocycles. The van der Waals surface area contributed by atoms with Crippen LogP contribution in [0.15, 0.2) is 67.1 Å². The van der Waals surface area contributed by atoms with Gasteiger partial charge in [0.25, 0.3) is 0 Å². The van der Waals surface area contributed by atoms with Gasteiger partial charge in [-0.05, 0) is 23.8 Å². The first-order valence-corrected chi connectivity index (χ1v) is 6.45. The second-order valence-corrected chi connectivity index (χ2v) is 4.38. The molecule has 21 heavy (non-hydrogen) atoms. The summed E-state index contributed by atoms with van der Waals surface area (Å²) in [6, 6.07) is 14.6. The maximum Gasteiger partial charge on any atom is 0.219 e. The van der Waals surface area contributed by atoms with Gasteiger partial charge in [0.2, 0.25) is 5.88 Å². The van der Waals surface area contributed by atoms with Crippen LogP contribution >= 0.6 is 0 Å². The Morgan fingerprint density at radius 2 is 1.86 bits per heavy atom. The Morgan fingerprint density at radius 1 is 0.952 bits per heavy atom. The molecule has 0 N–H and O–H groups in total. The number of nitrogens with zero attached hydrogens (tertiary/aromatic N) is 2. The molecule has 0 fully saturated rings. The van der Waals surface area contributed by atoms with Crippen LogP contribution in [0.25, 0.3) is 11.1 Å². The van der Waals surface area contributed by atoms with Crippen LogP contribution in [0.4, 0.5) is 0 Å². The highest BCUT2D eigenvalue weighted by Crippen LogP contribution is 2.24. The van der Waals surface area contributed by atoms with Gasteiger partial charge in [-0.3, -0.25) is 9.78 Å². The minimum absolute atomic E-state index is 0.482. The normalized spacial score (nSPS) is 10.1. The molecule has 0 spiro atoms. The van der Waals surface area contributed by atoms with E-state index in [1.807, 2.05) is 30.3 Å². The Morgan fingerprint density at radius 3 is 2.57 bits per heavy atom. The smallest absolute Gasteiger partial charge is 0.219 e. The fourth-order valence-corrected chi connectivity index (χ4v) is 1.99. The van der Waals surface area contributed by atoms with Crippen LogP contribution in [0.3, 0.4) is 0 Å². The summed E-state index contributed by atoms with van der Waals surface area (Å²) in [5.41, 5.74) is 2.37. The van der Waals surface area contributed by atoms with Crippen LogP contribution < -0.4 is 4.74 Å². The van der Waals surface area contributed by atoms with Crippen molar-refractivity contribution in [3.8, 4) is 22.8 Å². The summed E-state index contributed by atoms with van der Waals surface area (Å²) < 4.78 is 5.58. The van der Waals surface area contributed by atoms with Gasteiger partial charge in [-0.2, -0.15) is 0 Å². The summed E-state index contributed by atoms with van der Waals surface area (Å²) in [5, 5.41) is 0. The van der Waals surface area contributed by atoms with Crippen molar-refractivity contribution < 1.29 is 9.53 Å². The van der Waals surface area contributed by atoms with Crippen LogP contribution in [0.5, 0.6) is 11.6 Å². The first-order valence-electron chi connectivity index (χ1n) is 6.45. The largest absolute Gasteiger partial charge is 0.437 e. The zero-order valence-corrected chi connectivity index (χ0v) is 11.1. The lowest BCUT2D eigenvalue weighted by atomic mass is 10.0. The molecule has 0 radical (unpaired) electrons. The van der Waals surface area contributed by atoms with Crippen LogP contribution in [0.1, 0.15) is 10.4 Å². The first kappa shape index (κ1) is 13.0. The van der Waals surface area contributed by atoms with Crippen molar-refractivity contribution >= 4 is 6.29 Å². The maximum atomic E-state index is 11.1. The predicted octanol–water partition coefficient (Wildman–Crippen LogP) is 3.75. The number of ether oxygens (including phenoxy) is 1. The SMILES string of the molecule is O=Cc1ccccc1-c1ccc(Oc2cccnc2)nc1. The van der Waals surface area contributed by atoms with E-state index in [2.05, 4.69) is 9.97 Å². The minimum atomic E-state index is 0.482. The minimum Gasteiger partial charge on any atom is -0.437 e. The summed E-state index contributed by atoms with van der Waals surface area (Å²) in [4.78, 5) is 19.3. The molecule has 3 aromatic rings. The fourth-order valence-electron chi connectivity index (χ4n) is 1.99. The van der Waals surface area contributed by atoms with Gasteiger partial charge in [0, 0.05) is 29.6 Å². The van der Waals surface area contributed by atoms with E-state index < -0.39 is 0 Å². The third kappa shape index (κ3) is 2.95. The number of aromatic nitrogens is 2. The quantitative estimate of drug-likeness (QED) is 0.681. The second-order valence-electron chi connectivity index (χ2n) is 4.38. The molecule has 0 aliphatic rings. The molecule has 4 nitrogen and oxygen atoms in total. The molecule has 4 heteroatoms. The molecule has 0 atom stereocenters. The van der Waals surface area contributed by atoms with Crippen molar-refractivity contribution in [2.45, 2.75) is 0 Å². The molecule has 0 saturated carbocycles. The zero-order valence-electron chi connectivity index (χ0n) is 11.1. The standard InChI is InChI=1S/C17H12N2O2/c20-12-14-4-1-2-6-16(14)13-7-8-17(19-10-13)21-15-5-3-9-18-11-15/h1-12H. The summed E-state index contributed by atoms with van der Waals surface area (Å²) in [6.07, 6.45) is 5.83. The van der Waals surface area contributed by atoms with Gasteiger partial charge in [0.1, 0.15) is 5.75 Å². The number of aldehydes is 1. The van der Waals surface area contributed by atoms with E-state index in [0.29, 0.717) is 17.2 Å². The van der Waals surface area contributed by atoms with Gasteiger partial charge >= 0.3 is 0 Å². The highest BCUT2D eigenvalue weighted by Gasteiger charge is 2.05. The van der Waals surface area contributed by atoms with Crippen molar-refractivity contribution in [1.82, 2.24) is 9.97 Å². The highest BCUT2D eigenvalue weighted by atomic mass is 16.5. The molecule has 2 heterocycles. The Balaban J connectivity index is 1.86. The third-order valence-corrected chi connectivity index (χ3v) is 2.99. The number of pyridine rings is 2. The van der Waals surface area contributed by atoms with Crippen molar-refractivity contribution in [3.05, 3.63) is 72.7 Å². The Hall–Kier alpha value is -3.01. The van der Waals surface area contributed by atoms with Gasteiger partial charge in [-0.1, -0.05) is 24.3 Å². The topological polar surface area (TPSA) is 52.1 Å². The maximum absolute atomic E-state index is 11.1. The fraction of sp³-hybridized carbons (Fsp3) is 0. The molecule has 0 unspecified atom stereocenters. The van der Waals surface area contributed by atoms with E-state index in [1.54, 1.807) is 36.8 Å². The molecule has 0 amide bonds. The average Bonchev–Trinajstić information content (AvgIpc) is 2.56. The van der Waals surface area contributed by atoms with Gasteiger partial charge in [-0.25, -0.2) is 4.98 Å². The number of hydrogen-bond donors (Lipinski definition) is 0. The number of carbonyl (C=O) groups is 1. The Bertz CT molecular complexity index is 740. The van der Waals surface area contributed by atoms with Crippen molar-refractivity contribution in [3.63, 3.8) is 0 Å². The number of benzene rings is 1. The second kappa shape index (κ2) is 5.96. The average molecular weight is 276 g/mol. The summed E-state index contributed by atoms with van der Waals surface area (Å²) >= 11 is 0. The lowest BCUT2D eigenvalue weighted by molar-refractivity contribution is 0.112. The molecule has 102 valence electrons. The van der Waals surface area contributed by atoms with E-state index in [-0.39, 0.29) is 0 Å². The van der Waals surface area contributed by atoms with Crippen LogP contribution in [0.2, 0.25) is 0 Å². The van der Waals surface area contributed by atoms with Gasteiger partial charge < -0.3 is 4.74 Å². The molecule has 3 rings (SSSR count). The molecule has 0 bridgehead atoms. The summed E-state index contributed by atoms with van der Waals surface area (Å²) in [5.74, 6) is 1.11. The molecular formula is C17H12N2O2. The highest BCUT2D eigenvalue weighted by molar-refractivity contribution is 5.87. The van der Waals surface area contributed by atoms with Gasteiger partial charge in [0.15, 0.2) is 6.29 Å². The summed E-state index contributed by atoms with van der Waals surface area (Å²) in [6.45, 7) is 0. The van der Waals surface area contributed by atoms with Crippen molar-refractivity contribution in [1.29, 1.82) is 0 Å². The van der Waals surface area contributed by atoms with E-state index in [1.165, 1.54) is 0 Å². The monoisotopic (exact) mass is 276 g/mol. The van der Waals surface area contributed by atoms with Gasteiger partial charge in [-0.15, -0.1) is 0 Å². The lowest BCUT2D eigenvalue weighted by Crippen LogP contribution is -1.90. The number of carbonyl (C=O) groups excluding carboxylic acids is 1. The molecule has 2 aromatic heterocycles. The lowest BCUT2D eigenvalue weighted by Gasteiger charge is -2.07. The number of hydrogen-bond acceptors (Lipinski definition) is 4. The van der Waals surface area contributed by atoms with E-state index in [4.69, 9.17) is 4.74 Å². The predicted molar refractivity (Wildman–Crippen MR) is 79.4 cm³/mol. The van der Waals surface area contributed by atoms with Crippen molar-refractivity contribution in [2.24, 2.45) is 0 Å². The van der Waals surface area contributed by atoms with E-state index in [0.717, 1.165) is 17.4 Å². The number of rotatable bonds is 4.